The van der Waals surface area contributed by atoms with Crippen molar-refractivity contribution in [1.29, 1.82) is 0 Å². The highest BCUT2D eigenvalue weighted by Gasteiger charge is 2.39. The monoisotopic (exact) mass is 329 g/mol. The van der Waals surface area contributed by atoms with Crippen LogP contribution in [0.25, 0.3) is 0 Å². The number of carbonyl (C=O) groups excluding carboxylic acids is 1. The van der Waals surface area contributed by atoms with Gasteiger partial charge in [0.1, 0.15) is 4.88 Å². The minimum absolute atomic E-state index is 0.0141. The number of β-amino-alcohol motifs (C(OH)–C–C–N with tert-alkyl or cyclic N) is 1. The molecule has 0 unspecified atom stereocenters. The number of aliphatic hydroxyl groups is 1. The lowest BCUT2D eigenvalue weighted by atomic mass is 9.98. The van der Waals surface area contributed by atoms with Crippen LogP contribution in [-0.4, -0.2) is 57.6 Å². The summed E-state index contributed by atoms with van der Waals surface area (Å²) in [5.41, 5.74) is 4.39. The molecule has 1 fully saturated rings. The lowest BCUT2D eigenvalue weighted by molar-refractivity contribution is 0.0736. The largest absolute Gasteiger partial charge is 0.390 e. The zero-order chi connectivity index (χ0) is 15.8. The second-order valence-corrected chi connectivity index (χ2v) is 7.09. The Morgan fingerprint density at radius 2 is 2.09 bits per heavy atom. The lowest BCUT2D eigenvalue weighted by Gasteiger charge is -2.34. The van der Waals surface area contributed by atoms with Crippen molar-refractivity contribution in [2.45, 2.75) is 25.1 Å². The van der Waals surface area contributed by atoms with Crippen molar-refractivity contribution in [1.82, 2.24) is 14.8 Å². The Bertz CT molecular complexity index is 704. The molecule has 1 amide bonds. The van der Waals surface area contributed by atoms with Crippen molar-refractivity contribution < 1.29 is 9.90 Å². The standard InChI is InChI=1S/C17H19N3O2S/c21-15-10-20(17(22)16-7-18-11-23-16)9-14(15)19-6-5-12-3-1-2-4-13(12)8-19/h1-4,7,11,14-15,21H,5-6,8-10H2/t14-,15-/m1/s1. The number of nitrogens with zero attached hydrogens (tertiary/aromatic N) is 3. The molecule has 1 N–H and O–H groups in total. The average Bonchev–Trinajstić information content (AvgIpc) is 3.23. The number of fused-ring (bicyclic) bond motifs is 1. The van der Waals surface area contributed by atoms with E-state index in [0.29, 0.717) is 18.0 Å². The highest BCUT2D eigenvalue weighted by molar-refractivity contribution is 7.11. The summed E-state index contributed by atoms with van der Waals surface area (Å²) in [4.78, 5) is 21.1. The molecule has 2 aromatic rings. The number of carbonyl (C=O) groups is 1. The van der Waals surface area contributed by atoms with E-state index in [2.05, 4.69) is 34.1 Å². The first-order valence-corrected chi connectivity index (χ1v) is 8.77. The first-order valence-electron chi connectivity index (χ1n) is 7.89. The van der Waals surface area contributed by atoms with E-state index in [0.717, 1.165) is 19.5 Å². The fourth-order valence-corrected chi connectivity index (χ4v) is 4.16. The van der Waals surface area contributed by atoms with E-state index in [4.69, 9.17) is 0 Å². The lowest BCUT2D eigenvalue weighted by Crippen LogP contribution is -2.45. The zero-order valence-corrected chi connectivity index (χ0v) is 13.6. The third-order valence-corrected chi connectivity index (χ3v) is 5.58. The molecule has 0 aliphatic carbocycles. The van der Waals surface area contributed by atoms with E-state index in [1.165, 1.54) is 22.5 Å². The van der Waals surface area contributed by atoms with Crippen molar-refractivity contribution in [2.75, 3.05) is 19.6 Å². The van der Waals surface area contributed by atoms with E-state index < -0.39 is 6.10 Å². The number of aromatic nitrogens is 1. The van der Waals surface area contributed by atoms with Crippen molar-refractivity contribution in [2.24, 2.45) is 0 Å². The van der Waals surface area contributed by atoms with E-state index in [1.807, 2.05) is 0 Å². The van der Waals surface area contributed by atoms with Crippen LogP contribution in [0.4, 0.5) is 0 Å². The van der Waals surface area contributed by atoms with Gasteiger partial charge in [-0.1, -0.05) is 24.3 Å². The number of aliphatic hydroxyl groups excluding tert-OH is 1. The van der Waals surface area contributed by atoms with Crippen LogP contribution in [0.3, 0.4) is 0 Å². The molecule has 0 saturated carbocycles. The molecule has 0 spiro atoms. The van der Waals surface area contributed by atoms with Crippen molar-refractivity contribution in [3.05, 3.63) is 52.0 Å². The fourth-order valence-electron chi connectivity index (χ4n) is 3.57. The first kappa shape index (κ1) is 14.8. The number of benzene rings is 1. The highest BCUT2D eigenvalue weighted by atomic mass is 32.1. The summed E-state index contributed by atoms with van der Waals surface area (Å²) >= 11 is 1.35. The van der Waals surface area contributed by atoms with E-state index in [-0.39, 0.29) is 11.9 Å². The van der Waals surface area contributed by atoms with Crippen LogP contribution < -0.4 is 0 Å². The third kappa shape index (κ3) is 2.78. The van der Waals surface area contributed by atoms with Crippen LogP contribution in [0.5, 0.6) is 0 Å². The average molecular weight is 329 g/mol. The van der Waals surface area contributed by atoms with Crippen LogP contribution in [-0.2, 0) is 13.0 Å². The molecule has 4 rings (SSSR count). The summed E-state index contributed by atoms with van der Waals surface area (Å²) in [6, 6.07) is 8.49. The quantitative estimate of drug-likeness (QED) is 0.904. The van der Waals surface area contributed by atoms with Crippen molar-refractivity contribution in [3.63, 3.8) is 0 Å². The molecule has 2 aliphatic heterocycles. The molecule has 1 saturated heterocycles. The molecule has 23 heavy (non-hydrogen) atoms. The Kier molecular flexibility index (Phi) is 3.88. The molecular formula is C17H19N3O2S. The van der Waals surface area contributed by atoms with Crippen LogP contribution in [0, 0.1) is 0 Å². The Morgan fingerprint density at radius 1 is 1.26 bits per heavy atom. The molecular weight excluding hydrogens is 310 g/mol. The molecule has 0 bridgehead atoms. The summed E-state index contributed by atoms with van der Waals surface area (Å²) in [6.07, 6.45) is 2.11. The van der Waals surface area contributed by atoms with E-state index in [1.54, 1.807) is 16.6 Å². The predicted molar refractivity (Wildman–Crippen MR) is 88.4 cm³/mol. The van der Waals surface area contributed by atoms with Gasteiger partial charge < -0.3 is 10.0 Å². The van der Waals surface area contributed by atoms with Gasteiger partial charge in [-0.05, 0) is 17.5 Å². The van der Waals surface area contributed by atoms with Crippen LogP contribution in [0.1, 0.15) is 20.8 Å². The Morgan fingerprint density at radius 3 is 2.87 bits per heavy atom. The molecule has 6 heteroatoms. The van der Waals surface area contributed by atoms with E-state index >= 15 is 0 Å². The maximum absolute atomic E-state index is 12.4. The topological polar surface area (TPSA) is 56.7 Å². The second kappa shape index (κ2) is 6.03. The van der Waals surface area contributed by atoms with Gasteiger partial charge in [0.15, 0.2) is 0 Å². The Hall–Kier alpha value is -1.76. The number of likely N-dealkylation sites (tertiary alicyclic amines) is 1. The molecule has 0 radical (unpaired) electrons. The van der Waals surface area contributed by atoms with Crippen LogP contribution in [0.15, 0.2) is 36.0 Å². The number of hydrogen-bond acceptors (Lipinski definition) is 5. The number of thiazole rings is 1. The molecule has 1 aromatic heterocycles. The summed E-state index contributed by atoms with van der Waals surface area (Å²) < 4.78 is 0. The van der Waals surface area contributed by atoms with Crippen molar-refractivity contribution >= 4 is 17.2 Å². The van der Waals surface area contributed by atoms with Gasteiger partial charge in [-0.3, -0.25) is 14.7 Å². The molecule has 5 nitrogen and oxygen atoms in total. The van der Waals surface area contributed by atoms with Gasteiger partial charge in [0.25, 0.3) is 5.91 Å². The minimum Gasteiger partial charge on any atom is -0.390 e. The predicted octanol–water partition coefficient (Wildman–Crippen LogP) is 1.39. The number of amides is 1. The fraction of sp³-hybridized carbons (Fsp3) is 0.412. The Labute approximate surface area is 139 Å². The van der Waals surface area contributed by atoms with Gasteiger partial charge in [-0.25, -0.2) is 0 Å². The molecule has 120 valence electrons. The molecule has 1 aromatic carbocycles. The van der Waals surface area contributed by atoms with Gasteiger partial charge in [0, 0.05) is 26.2 Å². The number of hydrogen-bond donors (Lipinski definition) is 1. The molecule has 2 atom stereocenters. The van der Waals surface area contributed by atoms with Crippen LogP contribution >= 0.6 is 11.3 Å². The Balaban J connectivity index is 1.47. The van der Waals surface area contributed by atoms with Gasteiger partial charge in [-0.15, -0.1) is 11.3 Å². The minimum atomic E-state index is -0.489. The summed E-state index contributed by atoms with van der Waals surface area (Å²) in [5.74, 6) is -0.0218. The highest BCUT2D eigenvalue weighted by Crippen LogP contribution is 2.26. The maximum Gasteiger partial charge on any atom is 0.265 e. The van der Waals surface area contributed by atoms with Crippen LogP contribution in [0.2, 0.25) is 0 Å². The second-order valence-electron chi connectivity index (χ2n) is 6.20. The molecule has 3 heterocycles. The van der Waals surface area contributed by atoms with Gasteiger partial charge in [-0.2, -0.15) is 0 Å². The maximum atomic E-state index is 12.4. The summed E-state index contributed by atoms with van der Waals surface area (Å²) in [7, 11) is 0. The normalized spacial score (nSPS) is 24.7. The van der Waals surface area contributed by atoms with Gasteiger partial charge >= 0.3 is 0 Å². The third-order valence-electron chi connectivity index (χ3n) is 4.82. The first-order chi connectivity index (χ1) is 11.2. The van der Waals surface area contributed by atoms with Gasteiger partial charge in [0.05, 0.1) is 23.9 Å². The summed E-state index contributed by atoms with van der Waals surface area (Å²) in [5, 5.41) is 10.5. The van der Waals surface area contributed by atoms with Crippen molar-refractivity contribution in [3.8, 4) is 0 Å². The SMILES string of the molecule is O=C(c1cncs1)N1C[C@@H](O)[C@H](N2CCc3ccccc3C2)C1. The number of rotatable bonds is 2. The molecule has 2 aliphatic rings. The van der Waals surface area contributed by atoms with E-state index in [9.17, 15) is 9.90 Å². The van der Waals surface area contributed by atoms with Gasteiger partial charge in [0.2, 0.25) is 0 Å². The summed E-state index contributed by atoms with van der Waals surface area (Å²) in [6.45, 7) is 2.77. The zero-order valence-electron chi connectivity index (χ0n) is 12.8. The smallest absolute Gasteiger partial charge is 0.265 e.